The van der Waals surface area contributed by atoms with Crippen molar-refractivity contribution >= 4 is 15.7 Å². The first-order chi connectivity index (χ1) is 13.9. The maximum atomic E-state index is 11.7. The van der Waals surface area contributed by atoms with Crippen LogP contribution in [0.15, 0.2) is 36.4 Å². The van der Waals surface area contributed by atoms with Gasteiger partial charge in [0.25, 0.3) is 0 Å². The molecule has 1 aliphatic carbocycles. The Morgan fingerprint density at radius 1 is 1.00 bits per heavy atom. The van der Waals surface area contributed by atoms with E-state index in [1.165, 1.54) is 6.42 Å². The van der Waals surface area contributed by atoms with Crippen molar-refractivity contribution in [3.63, 3.8) is 0 Å². The minimum absolute atomic E-state index is 0.105. The van der Waals surface area contributed by atoms with Gasteiger partial charge in [-0.2, -0.15) is 0 Å². The van der Waals surface area contributed by atoms with Crippen molar-refractivity contribution in [2.24, 2.45) is 0 Å². The van der Waals surface area contributed by atoms with Crippen LogP contribution in [-0.4, -0.2) is 35.0 Å². The van der Waals surface area contributed by atoms with Gasteiger partial charge in [-0.25, -0.2) is 8.42 Å². The van der Waals surface area contributed by atoms with E-state index in [0.717, 1.165) is 53.7 Å². The lowest BCUT2D eigenvalue weighted by Gasteiger charge is -2.42. The molecule has 0 bridgehead atoms. The molecule has 7 heteroatoms. The van der Waals surface area contributed by atoms with E-state index >= 15 is 0 Å². The number of hydrogen-bond donors (Lipinski definition) is 1. The number of nitrogens with one attached hydrogen (secondary N) is 1. The zero-order valence-electron chi connectivity index (χ0n) is 17.0. The van der Waals surface area contributed by atoms with Crippen LogP contribution in [0.25, 0.3) is 0 Å². The molecule has 1 aliphatic heterocycles. The van der Waals surface area contributed by atoms with E-state index in [-0.39, 0.29) is 18.1 Å². The van der Waals surface area contributed by atoms with Gasteiger partial charge in [0, 0.05) is 22.7 Å². The molecule has 3 atom stereocenters. The normalized spacial score (nSPS) is 23.6. The minimum atomic E-state index is -3.36. The van der Waals surface area contributed by atoms with Crippen LogP contribution in [0.4, 0.5) is 5.69 Å². The summed E-state index contributed by atoms with van der Waals surface area (Å²) in [6.07, 6.45) is 5.27. The number of sulfonamides is 1. The maximum absolute atomic E-state index is 11.7. The Morgan fingerprint density at radius 3 is 2.38 bits per heavy atom. The molecule has 0 aromatic heterocycles. The third-order valence-corrected chi connectivity index (χ3v) is 6.39. The van der Waals surface area contributed by atoms with Gasteiger partial charge in [0.15, 0.2) is 0 Å². The molecule has 0 unspecified atom stereocenters. The molecule has 2 aromatic rings. The van der Waals surface area contributed by atoms with Crippen LogP contribution < -0.4 is 14.2 Å². The van der Waals surface area contributed by atoms with Gasteiger partial charge in [-0.1, -0.05) is 25.0 Å². The van der Waals surface area contributed by atoms with Gasteiger partial charge in [0.05, 0.1) is 26.6 Å². The predicted octanol–water partition coefficient (Wildman–Crippen LogP) is 4.22. The molecule has 0 radical (unpaired) electrons. The summed E-state index contributed by atoms with van der Waals surface area (Å²) in [7, 11) is -0.00727. The van der Waals surface area contributed by atoms with E-state index in [1.54, 1.807) is 20.3 Å². The number of hydrogen-bond acceptors (Lipinski definition) is 5. The lowest BCUT2D eigenvalue weighted by atomic mass is 9.75. The van der Waals surface area contributed by atoms with Crippen molar-refractivity contribution in [1.29, 1.82) is 0 Å². The van der Waals surface area contributed by atoms with E-state index < -0.39 is 10.0 Å². The van der Waals surface area contributed by atoms with Gasteiger partial charge in [-0.15, -0.1) is 0 Å². The van der Waals surface area contributed by atoms with Crippen LogP contribution in [0.1, 0.15) is 54.4 Å². The second-order valence-corrected chi connectivity index (χ2v) is 9.49. The first-order valence-corrected chi connectivity index (χ1v) is 11.8. The van der Waals surface area contributed by atoms with Gasteiger partial charge in [0.1, 0.15) is 17.6 Å². The fourth-order valence-corrected chi connectivity index (χ4v) is 5.22. The highest BCUT2D eigenvalue weighted by Crippen LogP contribution is 2.52. The standard InChI is InChI=1S/C22H27NO5S/c1-26-18-11-12-19(27-2)21-20(18)16-9-4-5-10-17(16)28-22(21)14-7-6-8-15(13-14)23-29(3,24)25/h6-8,11-13,16-17,22-23H,4-5,9-10H2,1-3H3/t16-,17+,22-/m0/s1. The Balaban J connectivity index is 1.86. The molecule has 1 N–H and O–H groups in total. The number of ether oxygens (including phenoxy) is 3. The van der Waals surface area contributed by atoms with Gasteiger partial charge in [0.2, 0.25) is 10.0 Å². The second-order valence-electron chi connectivity index (χ2n) is 7.74. The Hall–Kier alpha value is -2.25. The molecule has 156 valence electrons. The molecule has 1 fully saturated rings. The smallest absolute Gasteiger partial charge is 0.229 e. The van der Waals surface area contributed by atoms with Crippen LogP contribution in [0.3, 0.4) is 0 Å². The van der Waals surface area contributed by atoms with Crippen LogP contribution in [0.5, 0.6) is 11.5 Å². The lowest BCUT2D eigenvalue weighted by molar-refractivity contribution is -0.0406. The zero-order valence-corrected chi connectivity index (χ0v) is 17.8. The minimum Gasteiger partial charge on any atom is -0.496 e. The third-order valence-electron chi connectivity index (χ3n) is 5.79. The highest BCUT2D eigenvalue weighted by atomic mass is 32.2. The topological polar surface area (TPSA) is 73.9 Å². The van der Waals surface area contributed by atoms with Crippen molar-refractivity contribution in [2.45, 2.75) is 43.8 Å². The molecule has 2 aliphatic rings. The zero-order chi connectivity index (χ0) is 20.6. The van der Waals surface area contributed by atoms with Gasteiger partial charge in [-0.05, 0) is 42.7 Å². The molecule has 0 saturated heterocycles. The van der Waals surface area contributed by atoms with Crippen molar-refractivity contribution < 1.29 is 22.6 Å². The molecule has 29 heavy (non-hydrogen) atoms. The SMILES string of the molecule is COc1ccc(OC)c2c1[C@H](c1cccc(NS(C)(=O)=O)c1)O[C@@H]1CCCC[C@H]21. The van der Waals surface area contributed by atoms with Crippen molar-refractivity contribution in [3.8, 4) is 11.5 Å². The third kappa shape index (κ3) is 3.94. The second kappa shape index (κ2) is 7.88. The maximum Gasteiger partial charge on any atom is 0.229 e. The molecule has 6 nitrogen and oxygen atoms in total. The van der Waals surface area contributed by atoms with Crippen LogP contribution >= 0.6 is 0 Å². The Morgan fingerprint density at radius 2 is 1.69 bits per heavy atom. The van der Waals surface area contributed by atoms with E-state index in [4.69, 9.17) is 14.2 Å². The summed E-state index contributed by atoms with van der Waals surface area (Å²) in [4.78, 5) is 0. The number of methoxy groups -OCH3 is 2. The van der Waals surface area contributed by atoms with E-state index in [2.05, 4.69) is 4.72 Å². The highest BCUT2D eigenvalue weighted by Gasteiger charge is 2.41. The van der Waals surface area contributed by atoms with Crippen molar-refractivity contribution in [3.05, 3.63) is 53.1 Å². The van der Waals surface area contributed by atoms with Gasteiger partial charge < -0.3 is 14.2 Å². The van der Waals surface area contributed by atoms with Crippen LogP contribution in [0, 0.1) is 0 Å². The average Bonchev–Trinajstić information content (AvgIpc) is 2.71. The summed E-state index contributed by atoms with van der Waals surface area (Å²) in [5.41, 5.74) is 3.54. The van der Waals surface area contributed by atoms with Gasteiger partial charge >= 0.3 is 0 Å². The largest absolute Gasteiger partial charge is 0.496 e. The first kappa shape index (κ1) is 20.0. The molecular weight excluding hydrogens is 390 g/mol. The predicted molar refractivity (Wildman–Crippen MR) is 112 cm³/mol. The summed E-state index contributed by atoms with van der Waals surface area (Å²) in [6.45, 7) is 0. The Bertz CT molecular complexity index is 1000. The molecule has 2 aromatic carbocycles. The average molecular weight is 418 g/mol. The molecule has 0 spiro atoms. The van der Waals surface area contributed by atoms with E-state index in [9.17, 15) is 8.42 Å². The molecule has 1 heterocycles. The van der Waals surface area contributed by atoms with Crippen molar-refractivity contribution in [2.75, 3.05) is 25.2 Å². The van der Waals surface area contributed by atoms with Gasteiger partial charge in [-0.3, -0.25) is 4.72 Å². The lowest BCUT2D eigenvalue weighted by Crippen LogP contribution is -2.34. The fraction of sp³-hybridized carbons (Fsp3) is 0.455. The molecule has 1 saturated carbocycles. The Kier molecular flexibility index (Phi) is 5.44. The number of fused-ring (bicyclic) bond motifs is 3. The van der Waals surface area contributed by atoms with Crippen molar-refractivity contribution in [1.82, 2.24) is 0 Å². The molecule has 4 rings (SSSR count). The number of benzene rings is 2. The van der Waals surface area contributed by atoms with Crippen LogP contribution in [0.2, 0.25) is 0 Å². The Labute approximate surface area is 172 Å². The number of anilines is 1. The molecule has 0 amide bonds. The monoisotopic (exact) mass is 417 g/mol. The highest BCUT2D eigenvalue weighted by molar-refractivity contribution is 7.92. The van der Waals surface area contributed by atoms with E-state index in [0.29, 0.717) is 5.69 Å². The summed E-state index contributed by atoms with van der Waals surface area (Å²) in [6, 6.07) is 11.2. The quantitative estimate of drug-likeness (QED) is 0.788. The fourth-order valence-electron chi connectivity index (χ4n) is 4.66. The summed E-state index contributed by atoms with van der Waals surface area (Å²) >= 11 is 0. The summed E-state index contributed by atoms with van der Waals surface area (Å²) in [5, 5.41) is 0. The van der Waals surface area contributed by atoms with Crippen LogP contribution in [-0.2, 0) is 14.8 Å². The molecular formula is C22H27NO5S. The number of rotatable bonds is 5. The summed E-state index contributed by atoms with van der Waals surface area (Å²) < 4.78 is 44.0. The summed E-state index contributed by atoms with van der Waals surface area (Å²) in [5.74, 6) is 1.89. The first-order valence-electron chi connectivity index (χ1n) is 9.89. The van der Waals surface area contributed by atoms with E-state index in [1.807, 2.05) is 30.3 Å².